The van der Waals surface area contributed by atoms with Crippen LogP contribution in [0.15, 0.2) is 32.3 Å². The van der Waals surface area contributed by atoms with Gasteiger partial charge in [0.15, 0.2) is 0 Å². The average molecular weight is 448 g/mol. The predicted molar refractivity (Wildman–Crippen MR) is 92.9 cm³/mol. The standard InChI is InChI=1S/C15H16Br2N2O4/c1-8-5-10(16)13(11(17)6-8)18-12-9(15(22)23-2)7-19(3-4-20)14(12)21/h5-6,18,20H,3-4,7H2,1-2H3. The third-order valence-electron chi connectivity index (χ3n) is 3.39. The minimum Gasteiger partial charge on any atom is -0.466 e. The molecule has 0 fully saturated rings. The predicted octanol–water partition coefficient (Wildman–Crippen LogP) is 2.19. The highest BCUT2D eigenvalue weighted by atomic mass is 79.9. The molecule has 6 nitrogen and oxygen atoms in total. The molecule has 1 aliphatic heterocycles. The second-order valence-corrected chi connectivity index (χ2v) is 6.73. The number of aliphatic hydroxyl groups is 1. The first-order valence-electron chi connectivity index (χ1n) is 6.83. The fraction of sp³-hybridized carbons (Fsp3) is 0.333. The highest BCUT2D eigenvalue weighted by molar-refractivity contribution is 9.11. The third-order valence-corrected chi connectivity index (χ3v) is 4.64. The van der Waals surface area contributed by atoms with E-state index in [1.807, 2.05) is 19.1 Å². The number of carbonyl (C=O) groups is 2. The molecule has 0 atom stereocenters. The number of benzene rings is 1. The molecule has 0 unspecified atom stereocenters. The largest absolute Gasteiger partial charge is 0.466 e. The maximum Gasteiger partial charge on any atom is 0.337 e. The molecule has 124 valence electrons. The van der Waals surface area contributed by atoms with Crippen molar-refractivity contribution in [3.8, 4) is 0 Å². The number of nitrogens with one attached hydrogen (secondary N) is 1. The fourth-order valence-electron chi connectivity index (χ4n) is 2.29. The molecule has 1 aromatic carbocycles. The Bertz CT molecular complexity index is 665. The topological polar surface area (TPSA) is 78.9 Å². The minimum atomic E-state index is -0.569. The summed E-state index contributed by atoms with van der Waals surface area (Å²) in [7, 11) is 1.27. The summed E-state index contributed by atoms with van der Waals surface area (Å²) in [6, 6.07) is 3.80. The molecular weight excluding hydrogens is 432 g/mol. The molecule has 0 saturated heterocycles. The average Bonchev–Trinajstić information content (AvgIpc) is 2.79. The molecule has 0 bridgehead atoms. The minimum absolute atomic E-state index is 0.107. The number of amides is 1. The van der Waals surface area contributed by atoms with E-state index in [2.05, 4.69) is 37.2 Å². The third kappa shape index (κ3) is 3.76. The number of nitrogens with zero attached hydrogens (tertiary/aromatic N) is 1. The highest BCUT2D eigenvalue weighted by Gasteiger charge is 2.34. The number of anilines is 1. The fourth-order valence-corrected chi connectivity index (χ4v) is 3.91. The maximum atomic E-state index is 12.5. The van der Waals surface area contributed by atoms with Crippen molar-refractivity contribution in [2.24, 2.45) is 0 Å². The van der Waals surface area contributed by atoms with Gasteiger partial charge in [0.25, 0.3) is 5.91 Å². The Kier molecular flexibility index (Phi) is 5.83. The molecule has 0 aromatic heterocycles. The first-order chi connectivity index (χ1) is 10.9. The Hall–Kier alpha value is -1.38. The van der Waals surface area contributed by atoms with Crippen LogP contribution in [0.25, 0.3) is 0 Å². The SMILES string of the molecule is COC(=O)C1=C(Nc2c(Br)cc(C)cc2Br)C(=O)N(CCO)C1. The molecular formula is C15H16Br2N2O4. The second-order valence-electron chi connectivity index (χ2n) is 5.02. The number of esters is 1. The van der Waals surface area contributed by atoms with Gasteiger partial charge in [0.05, 0.1) is 31.5 Å². The normalized spacial score (nSPS) is 14.5. The Balaban J connectivity index is 2.41. The summed E-state index contributed by atoms with van der Waals surface area (Å²) in [6.45, 7) is 2.03. The van der Waals surface area contributed by atoms with Crippen LogP contribution in [-0.4, -0.2) is 48.7 Å². The van der Waals surface area contributed by atoms with Gasteiger partial charge in [-0.15, -0.1) is 0 Å². The maximum absolute atomic E-state index is 12.5. The van der Waals surface area contributed by atoms with Crippen molar-refractivity contribution < 1.29 is 19.4 Å². The number of aryl methyl sites for hydroxylation is 1. The summed E-state index contributed by atoms with van der Waals surface area (Å²) < 4.78 is 6.27. The lowest BCUT2D eigenvalue weighted by atomic mass is 10.2. The van der Waals surface area contributed by atoms with Crippen molar-refractivity contribution >= 4 is 49.4 Å². The van der Waals surface area contributed by atoms with E-state index in [4.69, 9.17) is 9.84 Å². The van der Waals surface area contributed by atoms with Crippen LogP contribution in [-0.2, 0) is 14.3 Å². The summed E-state index contributed by atoms with van der Waals surface area (Å²) in [5.41, 5.74) is 2.09. The molecule has 1 aromatic rings. The lowest BCUT2D eigenvalue weighted by Gasteiger charge is -2.16. The summed E-state index contributed by atoms with van der Waals surface area (Å²) in [5, 5.41) is 12.1. The van der Waals surface area contributed by atoms with Gasteiger partial charge in [0.1, 0.15) is 5.70 Å². The van der Waals surface area contributed by atoms with Gasteiger partial charge in [-0.1, -0.05) is 0 Å². The van der Waals surface area contributed by atoms with Crippen molar-refractivity contribution in [2.75, 3.05) is 32.1 Å². The number of hydrogen-bond donors (Lipinski definition) is 2. The first-order valence-corrected chi connectivity index (χ1v) is 8.42. The zero-order valence-corrected chi connectivity index (χ0v) is 15.8. The van der Waals surface area contributed by atoms with E-state index in [-0.39, 0.29) is 36.9 Å². The molecule has 0 spiro atoms. The van der Waals surface area contributed by atoms with Crippen molar-refractivity contribution in [3.63, 3.8) is 0 Å². The van der Waals surface area contributed by atoms with Crippen LogP contribution >= 0.6 is 31.9 Å². The summed E-state index contributed by atoms with van der Waals surface area (Å²) in [4.78, 5) is 25.8. The van der Waals surface area contributed by atoms with Crippen LogP contribution < -0.4 is 5.32 Å². The van der Waals surface area contributed by atoms with Crippen molar-refractivity contribution in [2.45, 2.75) is 6.92 Å². The van der Waals surface area contributed by atoms with Gasteiger partial charge in [0.2, 0.25) is 0 Å². The van der Waals surface area contributed by atoms with Crippen molar-refractivity contribution in [3.05, 3.63) is 37.9 Å². The van der Waals surface area contributed by atoms with E-state index in [0.29, 0.717) is 5.69 Å². The van der Waals surface area contributed by atoms with E-state index in [1.165, 1.54) is 12.0 Å². The molecule has 23 heavy (non-hydrogen) atoms. The van der Waals surface area contributed by atoms with Crippen molar-refractivity contribution in [1.82, 2.24) is 4.90 Å². The van der Waals surface area contributed by atoms with Gasteiger partial charge in [-0.05, 0) is 56.5 Å². The highest BCUT2D eigenvalue weighted by Crippen LogP contribution is 2.35. The molecule has 0 aliphatic carbocycles. The lowest BCUT2D eigenvalue weighted by Crippen LogP contribution is -2.31. The van der Waals surface area contributed by atoms with Gasteiger partial charge in [-0.2, -0.15) is 0 Å². The Morgan fingerprint density at radius 1 is 1.39 bits per heavy atom. The van der Waals surface area contributed by atoms with Crippen LogP contribution in [0.3, 0.4) is 0 Å². The number of halogens is 2. The second kappa shape index (κ2) is 7.46. The molecule has 1 amide bonds. The Morgan fingerprint density at radius 3 is 2.52 bits per heavy atom. The van der Waals surface area contributed by atoms with Gasteiger partial charge >= 0.3 is 5.97 Å². The zero-order chi connectivity index (χ0) is 17.1. The molecule has 1 heterocycles. The van der Waals surface area contributed by atoms with Crippen LogP contribution in [0.1, 0.15) is 5.56 Å². The van der Waals surface area contributed by atoms with Gasteiger partial charge in [-0.25, -0.2) is 4.79 Å². The molecule has 8 heteroatoms. The quantitative estimate of drug-likeness (QED) is 0.676. The van der Waals surface area contributed by atoms with E-state index in [1.54, 1.807) is 0 Å². The van der Waals surface area contributed by atoms with E-state index in [0.717, 1.165) is 14.5 Å². The van der Waals surface area contributed by atoms with E-state index < -0.39 is 5.97 Å². The summed E-state index contributed by atoms with van der Waals surface area (Å²) in [6.07, 6.45) is 0. The number of β-amino-alcohol motifs (C(OH)–C–C–N with tert-alkyl or cyclic N) is 1. The smallest absolute Gasteiger partial charge is 0.337 e. The number of rotatable bonds is 5. The lowest BCUT2D eigenvalue weighted by molar-refractivity contribution is -0.136. The molecule has 0 radical (unpaired) electrons. The number of aliphatic hydroxyl groups excluding tert-OH is 1. The van der Waals surface area contributed by atoms with Crippen LogP contribution in [0.4, 0.5) is 5.69 Å². The molecule has 1 aliphatic rings. The van der Waals surface area contributed by atoms with Crippen molar-refractivity contribution in [1.29, 1.82) is 0 Å². The zero-order valence-electron chi connectivity index (χ0n) is 12.7. The first kappa shape index (κ1) is 18.0. The Morgan fingerprint density at radius 2 is 2.00 bits per heavy atom. The van der Waals surface area contributed by atoms with Crippen LogP contribution in [0.2, 0.25) is 0 Å². The number of hydrogen-bond acceptors (Lipinski definition) is 5. The molecule has 0 saturated carbocycles. The molecule has 2 N–H and O–H groups in total. The van der Waals surface area contributed by atoms with Gasteiger partial charge < -0.3 is 20.1 Å². The number of ether oxygens (including phenoxy) is 1. The Labute approximate surface area is 150 Å². The van der Waals surface area contributed by atoms with Gasteiger partial charge in [-0.3, -0.25) is 4.79 Å². The monoisotopic (exact) mass is 446 g/mol. The summed E-state index contributed by atoms with van der Waals surface area (Å²) in [5.74, 6) is -0.917. The van der Waals surface area contributed by atoms with Crippen LogP contribution in [0, 0.1) is 6.92 Å². The number of methoxy groups -OCH3 is 1. The van der Waals surface area contributed by atoms with Gasteiger partial charge in [0, 0.05) is 15.5 Å². The summed E-state index contributed by atoms with van der Waals surface area (Å²) >= 11 is 6.90. The number of carbonyl (C=O) groups excluding carboxylic acids is 2. The van der Waals surface area contributed by atoms with Crippen LogP contribution in [0.5, 0.6) is 0 Å². The van der Waals surface area contributed by atoms with E-state index in [9.17, 15) is 9.59 Å². The van der Waals surface area contributed by atoms with E-state index >= 15 is 0 Å². The molecule has 2 rings (SSSR count).